The molecule has 1 aliphatic rings. The molecule has 3 rings (SSSR count). The van der Waals surface area contributed by atoms with Gasteiger partial charge in [0.05, 0.1) is 10.6 Å². The first-order valence-corrected chi connectivity index (χ1v) is 8.79. The Kier molecular flexibility index (Phi) is 6.41. The molecule has 0 aliphatic carbocycles. The zero-order valence-corrected chi connectivity index (χ0v) is 16.8. The number of carbonyl (C=O) groups excluding carboxylic acids is 1. The number of fused-ring (bicyclic) bond motifs is 1. The normalized spacial score (nSPS) is 13.3. The van der Waals surface area contributed by atoms with Crippen molar-refractivity contribution in [1.82, 2.24) is 5.32 Å². The fourth-order valence-corrected chi connectivity index (χ4v) is 3.28. The van der Waals surface area contributed by atoms with Crippen LogP contribution in [-0.4, -0.2) is 17.4 Å². The first kappa shape index (κ1) is 21.8. The number of nitrogens with one attached hydrogen (secondary N) is 2. The molecule has 0 saturated carbocycles. The van der Waals surface area contributed by atoms with Gasteiger partial charge in [-0.3, -0.25) is 14.9 Å². The molecule has 0 saturated heterocycles. The smallest absolute Gasteiger partial charge is 0.273 e. The van der Waals surface area contributed by atoms with Gasteiger partial charge in [-0.25, -0.2) is 4.39 Å². The van der Waals surface area contributed by atoms with Gasteiger partial charge in [0.2, 0.25) is 0 Å². The standard InChI is InChI=1S/C20H22FN3O3.ClH/c1-20(2,3)15-6-4-12(10-17(15)24(26)27)19(25)23-16-7-5-13-11-22-9-8-14(13)18(16)21;/h4-7,10,22H,8-9,11H2,1-3H3,(H,23,25);1H. The van der Waals surface area contributed by atoms with Crippen LogP contribution >= 0.6 is 12.4 Å². The third-order valence-electron chi connectivity index (χ3n) is 4.72. The average molecular weight is 408 g/mol. The Balaban J connectivity index is 0.00000280. The Hall–Kier alpha value is -2.51. The SMILES string of the molecule is CC(C)(C)c1ccc(C(=O)Nc2ccc3c(c2F)CCNC3)cc1[N+](=O)[O-].Cl. The highest BCUT2D eigenvalue weighted by Crippen LogP contribution is 2.32. The van der Waals surface area contributed by atoms with Gasteiger partial charge < -0.3 is 10.6 Å². The first-order chi connectivity index (χ1) is 12.7. The minimum Gasteiger partial charge on any atom is -0.319 e. The molecular formula is C20H23ClFN3O3. The van der Waals surface area contributed by atoms with Crippen LogP contribution in [0.5, 0.6) is 0 Å². The number of carbonyl (C=O) groups is 1. The number of anilines is 1. The average Bonchev–Trinajstić information content (AvgIpc) is 2.63. The molecule has 2 N–H and O–H groups in total. The summed E-state index contributed by atoms with van der Waals surface area (Å²) in [5, 5.41) is 17.1. The van der Waals surface area contributed by atoms with Crippen LogP contribution in [0, 0.1) is 15.9 Å². The van der Waals surface area contributed by atoms with Crippen LogP contribution in [0.15, 0.2) is 30.3 Å². The Bertz CT molecular complexity index is 926. The highest BCUT2D eigenvalue weighted by atomic mass is 35.5. The lowest BCUT2D eigenvalue weighted by Gasteiger charge is -2.20. The maximum Gasteiger partial charge on any atom is 0.273 e. The molecule has 0 spiro atoms. The molecular weight excluding hydrogens is 385 g/mol. The molecule has 0 fully saturated rings. The van der Waals surface area contributed by atoms with E-state index in [9.17, 15) is 19.3 Å². The lowest BCUT2D eigenvalue weighted by molar-refractivity contribution is -0.386. The molecule has 2 aromatic carbocycles. The number of hydrogen-bond acceptors (Lipinski definition) is 4. The summed E-state index contributed by atoms with van der Waals surface area (Å²) in [7, 11) is 0. The fourth-order valence-electron chi connectivity index (χ4n) is 3.28. The molecule has 1 heterocycles. The Morgan fingerprint density at radius 1 is 1.25 bits per heavy atom. The van der Waals surface area contributed by atoms with Crippen LogP contribution in [-0.2, 0) is 18.4 Å². The van der Waals surface area contributed by atoms with Crippen molar-refractivity contribution in [2.45, 2.75) is 39.2 Å². The topological polar surface area (TPSA) is 84.3 Å². The second kappa shape index (κ2) is 8.24. The first-order valence-electron chi connectivity index (χ1n) is 8.79. The summed E-state index contributed by atoms with van der Waals surface area (Å²) in [5.41, 5.74) is 1.67. The molecule has 150 valence electrons. The van der Waals surface area contributed by atoms with Gasteiger partial charge in [0.25, 0.3) is 11.6 Å². The molecule has 6 nitrogen and oxygen atoms in total. The second-order valence-electron chi connectivity index (χ2n) is 7.68. The second-order valence-corrected chi connectivity index (χ2v) is 7.68. The highest BCUT2D eigenvalue weighted by molar-refractivity contribution is 6.05. The van der Waals surface area contributed by atoms with Crippen molar-refractivity contribution in [2.75, 3.05) is 11.9 Å². The molecule has 0 aromatic heterocycles. The lowest BCUT2D eigenvalue weighted by atomic mass is 9.85. The summed E-state index contributed by atoms with van der Waals surface area (Å²) in [5.74, 6) is -1.02. The molecule has 0 unspecified atom stereocenters. The number of amides is 1. The van der Waals surface area contributed by atoms with Gasteiger partial charge in [-0.15, -0.1) is 12.4 Å². The predicted octanol–water partition coefficient (Wildman–Crippen LogP) is 4.35. The Labute approximate surface area is 169 Å². The maximum atomic E-state index is 14.7. The predicted molar refractivity (Wildman–Crippen MR) is 109 cm³/mol. The number of rotatable bonds is 3. The van der Waals surface area contributed by atoms with E-state index >= 15 is 0 Å². The number of hydrogen-bond donors (Lipinski definition) is 2. The number of nitro groups is 1. The molecule has 0 atom stereocenters. The zero-order valence-electron chi connectivity index (χ0n) is 16.0. The Morgan fingerprint density at radius 3 is 2.61 bits per heavy atom. The summed E-state index contributed by atoms with van der Waals surface area (Å²) in [4.78, 5) is 23.5. The molecule has 1 aliphatic heterocycles. The largest absolute Gasteiger partial charge is 0.319 e. The summed E-state index contributed by atoms with van der Waals surface area (Å²) in [6.07, 6.45) is 0.552. The van der Waals surface area contributed by atoms with E-state index in [1.165, 1.54) is 18.2 Å². The number of nitrogens with zero attached hydrogens (tertiary/aromatic N) is 1. The molecule has 2 aromatic rings. The van der Waals surface area contributed by atoms with Crippen LogP contribution in [0.2, 0.25) is 0 Å². The monoisotopic (exact) mass is 407 g/mol. The summed E-state index contributed by atoms with van der Waals surface area (Å²) in [6.45, 7) is 6.88. The minimum atomic E-state index is -0.577. The molecule has 28 heavy (non-hydrogen) atoms. The van der Waals surface area contributed by atoms with Crippen molar-refractivity contribution in [3.63, 3.8) is 0 Å². The van der Waals surface area contributed by atoms with E-state index in [2.05, 4.69) is 10.6 Å². The Morgan fingerprint density at radius 2 is 1.96 bits per heavy atom. The summed E-state index contributed by atoms with van der Waals surface area (Å²) >= 11 is 0. The van der Waals surface area contributed by atoms with Gasteiger partial charge in [-0.1, -0.05) is 32.9 Å². The van der Waals surface area contributed by atoms with E-state index in [1.54, 1.807) is 12.1 Å². The molecule has 0 radical (unpaired) electrons. The van der Waals surface area contributed by atoms with E-state index in [1.807, 2.05) is 20.8 Å². The lowest BCUT2D eigenvalue weighted by Crippen LogP contribution is -2.25. The van der Waals surface area contributed by atoms with E-state index in [0.717, 1.165) is 5.56 Å². The van der Waals surface area contributed by atoms with E-state index in [0.29, 0.717) is 30.6 Å². The van der Waals surface area contributed by atoms with Gasteiger partial charge in [0.1, 0.15) is 5.82 Å². The van der Waals surface area contributed by atoms with Crippen molar-refractivity contribution in [3.8, 4) is 0 Å². The maximum absolute atomic E-state index is 14.7. The molecule has 8 heteroatoms. The highest BCUT2D eigenvalue weighted by Gasteiger charge is 2.26. The summed E-state index contributed by atoms with van der Waals surface area (Å²) in [6, 6.07) is 7.67. The molecule has 0 bridgehead atoms. The van der Waals surface area contributed by atoms with E-state index in [-0.39, 0.29) is 29.3 Å². The van der Waals surface area contributed by atoms with Crippen LogP contribution in [0.1, 0.15) is 47.8 Å². The van der Waals surface area contributed by atoms with Gasteiger partial charge in [-0.2, -0.15) is 0 Å². The van der Waals surface area contributed by atoms with Crippen molar-refractivity contribution in [3.05, 3.63) is 68.5 Å². The van der Waals surface area contributed by atoms with E-state index in [4.69, 9.17) is 0 Å². The zero-order chi connectivity index (χ0) is 19.8. The van der Waals surface area contributed by atoms with Crippen molar-refractivity contribution < 1.29 is 14.1 Å². The van der Waals surface area contributed by atoms with Crippen molar-refractivity contribution >= 4 is 29.7 Å². The minimum absolute atomic E-state index is 0. The van der Waals surface area contributed by atoms with Gasteiger partial charge in [-0.05, 0) is 41.6 Å². The third kappa shape index (κ3) is 4.31. The van der Waals surface area contributed by atoms with Gasteiger partial charge in [0.15, 0.2) is 0 Å². The van der Waals surface area contributed by atoms with Gasteiger partial charge >= 0.3 is 0 Å². The van der Waals surface area contributed by atoms with Crippen molar-refractivity contribution in [2.24, 2.45) is 0 Å². The quantitative estimate of drug-likeness (QED) is 0.585. The van der Waals surface area contributed by atoms with Gasteiger partial charge in [0, 0.05) is 23.7 Å². The third-order valence-corrected chi connectivity index (χ3v) is 4.72. The van der Waals surface area contributed by atoms with Crippen LogP contribution in [0.4, 0.5) is 15.8 Å². The summed E-state index contributed by atoms with van der Waals surface area (Å²) < 4.78 is 14.7. The van der Waals surface area contributed by atoms with Crippen LogP contribution < -0.4 is 10.6 Å². The molecule has 1 amide bonds. The van der Waals surface area contributed by atoms with Crippen LogP contribution in [0.25, 0.3) is 0 Å². The fraction of sp³-hybridized carbons (Fsp3) is 0.350. The van der Waals surface area contributed by atoms with Crippen LogP contribution in [0.3, 0.4) is 0 Å². The number of benzene rings is 2. The van der Waals surface area contributed by atoms with E-state index < -0.39 is 22.1 Å². The number of nitro benzene ring substituents is 1. The van der Waals surface area contributed by atoms with Crippen molar-refractivity contribution in [1.29, 1.82) is 0 Å². The number of halogens is 2.